The van der Waals surface area contributed by atoms with E-state index in [1.54, 1.807) is 11.7 Å². The van der Waals surface area contributed by atoms with Gasteiger partial charge in [0.15, 0.2) is 11.6 Å². The van der Waals surface area contributed by atoms with Crippen molar-refractivity contribution in [2.75, 3.05) is 13.1 Å². The van der Waals surface area contributed by atoms with Crippen LogP contribution in [0.1, 0.15) is 29.9 Å². The lowest BCUT2D eigenvalue weighted by Crippen LogP contribution is -2.26. The fourth-order valence-corrected chi connectivity index (χ4v) is 3.85. The SMILES string of the molecule is Cn1nc(-c2cc(O)c(F)c(C(F)(F)F)c2)c2ccc(C3CCNCC3)cc21. The first-order chi connectivity index (χ1) is 13.3. The minimum atomic E-state index is -4.91. The highest BCUT2D eigenvalue weighted by Crippen LogP contribution is 2.40. The first kappa shape index (κ1) is 18.7. The summed E-state index contributed by atoms with van der Waals surface area (Å²) in [6.45, 7) is 1.91. The highest BCUT2D eigenvalue weighted by Gasteiger charge is 2.36. The largest absolute Gasteiger partial charge is 0.505 e. The van der Waals surface area contributed by atoms with E-state index in [1.165, 1.54) is 5.56 Å². The fraction of sp³-hybridized carbons (Fsp3) is 0.350. The predicted octanol–water partition coefficient (Wildman–Crippen LogP) is 4.57. The molecule has 1 aliphatic heterocycles. The number of aromatic nitrogens is 2. The zero-order valence-corrected chi connectivity index (χ0v) is 15.1. The molecule has 1 aliphatic rings. The lowest BCUT2D eigenvalue weighted by molar-refractivity contribution is -0.140. The summed E-state index contributed by atoms with van der Waals surface area (Å²) in [6.07, 6.45) is -2.86. The van der Waals surface area contributed by atoms with E-state index in [1.807, 2.05) is 18.2 Å². The molecule has 148 valence electrons. The van der Waals surface area contributed by atoms with E-state index in [0.717, 1.165) is 37.5 Å². The van der Waals surface area contributed by atoms with Gasteiger partial charge in [0.05, 0.1) is 11.1 Å². The monoisotopic (exact) mass is 393 g/mol. The smallest absolute Gasteiger partial charge is 0.419 e. The molecule has 0 spiro atoms. The maximum absolute atomic E-state index is 13.8. The molecule has 2 heterocycles. The van der Waals surface area contributed by atoms with Gasteiger partial charge in [-0.05, 0) is 55.6 Å². The van der Waals surface area contributed by atoms with Gasteiger partial charge in [-0.2, -0.15) is 18.3 Å². The fourth-order valence-electron chi connectivity index (χ4n) is 3.85. The van der Waals surface area contributed by atoms with Crippen molar-refractivity contribution in [3.63, 3.8) is 0 Å². The second-order valence-corrected chi connectivity index (χ2v) is 7.13. The van der Waals surface area contributed by atoms with Crippen LogP contribution in [0.3, 0.4) is 0 Å². The quantitative estimate of drug-likeness (QED) is 0.627. The summed E-state index contributed by atoms with van der Waals surface area (Å²) in [4.78, 5) is 0. The number of phenols is 1. The van der Waals surface area contributed by atoms with Crippen molar-refractivity contribution in [3.05, 3.63) is 47.3 Å². The third-order valence-corrected chi connectivity index (χ3v) is 5.32. The van der Waals surface area contributed by atoms with Gasteiger partial charge in [-0.3, -0.25) is 4.68 Å². The highest BCUT2D eigenvalue weighted by molar-refractivity contribution is 5.94. The number of rotatable bonds is 2. The molecule has 0 bridgehead atoms. The maximum atomic E-state index is 13.8. The molecule has 2 N–H and O–H groups in total. The van der Waals surface area contributed by atoms with Gasteiger partial charge in [-0.25, -0.2) is 4.39 Å². The van der Waals surface area contributed by atoms with E-state index in [4.69, 9.17) is 0 Å². The Bertz CT molecular complexity index is 1040. The molecule has 0 unspecified atom stereocenters. The Morgan fingerprint density at radius 3 is 2.54 bits per heavy atom. The Hall–Kier alpha value is -2.61. The van der Waals surface area contributed by atoms with Crippen LogP contribution < -0.4 is 5.32 Å². The summed E-state index contributed by atoms with van der Waals surface area (Å²) >= 11 is 0. The molecule has 0 saturated carbocycles. The molecular formula is C20H19F4N3O. The van der Waals surface area contributed by atoms with Gasteiger partial charge in [0.25, 0.3) is 0 Å². The van der Waals surface area contributed by atoms with Crippen molar-refractivity contribution in [2.45, 2.75) is 24.9 Å². The van der Waals surface area contributed by atoms with Gasteiger partial charge in [0, 0.05) is 18.0 Å². The average Bonchev–Trinajstić information content (AvgIpc) is 3.00. The van der Waals surface area contributed by atoms with Gasteiger partial charge < -0.3 is 10.4 Å². The highest BCUT2D eigenvalue weighted by atomic mass is 19.4. The summed E-state index contributed by atoms with van der Waals surface area (Å²) in [5, 5.41) is 18.0. The molecule has 0 amide bonds. The lowest BCUT2D eigenvalue weighted by atomic mass is 9.89. The average molecular weight is 393 g/mol. The zero-order chi connectivity index (χ0) is 20.1. The third-order valence-electron chi connectivity index (χ3n) is 5.32. The predicted molar refractivity (Wildman–Crippen MR) is 97.6 cm³/mol. The third kappa shape index (κ3) is 3.22. The number of aromatic hydroxyl groups is 1. The summed E-state index contributed by atoms with van der Waals surface area (Å²) < 4.78 is 54.7. The Morgan fingerprint density at radius 1 is 1.14 bits per heavy atom. The minimum Gasteiger partial charge on any atom is -0.505 e. The molecule has 4 rings (SSSR count). The van der Waals surface area contributed by atoms with E-state index in [9.17, 15) is 22.7 Å². The molecule has 4 nitrogen and oxygen atoms in total. The van der Waals surface area contributed by atoms with Crippen molar-refractivity contribution in [1.82, 2.24) is 15.1 Å². The van der Waals surface area contributed by atoms with Crippen LogP contribution in [0, 0.1) is 5.82 Å². The molecule has 0 atom stereocenters. The lowest BCUT2D eigenvalue weighted by Gasteiger charge is -2.23. The molecule has 0 aliphatic carbocycles. The zero-order valence-electron chi connectivity index (χ0n) is 15.1. The maximum Gasteiger partial charge on any atom is 0.419 e. The van der Waals surface area contributed by atoms with Gasteiger partial charge in [-0.1, -0.05) is 12.1 Å². The Morgan fingerprint density at radius 2 is 1.86 bits per heavy atom. The summed E-state index contributed by atoms with van der Waals surface area (Å²) in [5.41, 5.74) is 0.735. The molecule has 3 aromatic rings. The van der Waals surface area contributed by atoms with Crippen LogP contribution >= 0.6 is 0 Å². The number of hydrogen-bond donors (Lipinski definition) is 2. The van der Waals surface area contributed by atoms with Crippen molar-refractivity contribution < 1.29 is 22.7 Å². The second kappa shape index (κ2) is 6.77. The number of fused-ring (bicyclic) bond motifs is 1. The van der Waals surface area contributed by atoms with Gasteiger partial charge in [0.1, 0.15) is 5.69 Å². The number of hydrogen-bond acceptors (Lipinski definition) is 3. The first-order valence-corrected chi connectivity index (χ1v) is 9.03. The summed E-state index contributed by atoms with van der Waals surface area (Å²) in [5.74, 6) is -2.30. The van der Waals surface area contributed by atoms with Crippen LogP contribution in [-0.4, -0.2) is 28.0 Å². The number of benzene rings is 2. The number of alkyl halides is 3. The van der Waals surface area contributed by atoms with E-state index in [0.29, 0.717) is 17.4 Å². The van der Waals surface area contributed by atoms with E-state index < -0.39 is 23.3 Å². The Labute approximate surface area is 158 Å². The molecule has 1 saturated heterocycles. The van der Waals surface area contributed by atoms with E-state index in [2.05, 4.69) is 10.4 Å². The van der Waals surface area contributed by atoms with Crippen molar-refractivity contribution in [2.24, 2.45) is 7.05 Å². The van der Waals surface area contributed by atoms with Crippen LogP contribution in [0.5, 0.6) is 5.75 Å². The molecule has 1 fully saturated rings. The molecule has 1 aromatic heterocycles. The van der Waals surface area contributed by atoms with E-state index >= 15 is 0 Å². The van der Waals surface area contributed by atoms with Gasteiger partial charge in [-0.15, -0.1) is 0 Å². The minimum absolute atomic E-state index is 0.0199. The number of nitrogens with one attached hydrogen (secondary N) is 1. The normalized spacial score (nSPS) is 16.0. The Balaban J connectivity index is 1.83. The topological polar surface area (TPSA) is 50.1 Å². The molecular weight excluding hydrogens is 374 g/mol. The van der Waals surface area contributed by atoms with Gasteiger partial charge >= 0.3 is 6.18 Å². The number of piperidine rings is 1. The van der Waals surface area contributed by atoms with Crippen molar-refractivity contribution in [3.8, 4) is 17.0 Å². The van der Waals surface area contributed by atoms with Crippen LogP contribution in [0.25, 0.3) is 22.2 Å². The standard InChI is InChI=1S/C20H19F4N3O/c1-27-16-9-12(11-4-6-25-7-5-11)2-3-14(16)19(26-27)13-8-15(20(22,23)24)18(21)17(28)10-13/h2-3,8-11,25,28H,4-7H2,1H3. The van der Waals surface area contributed by atoms with Crippen molar-refractivity contribution in [1.29, 1.82) is 0 Å². The van der Waals surface area contributed by atoms with Crippen LogP contribution in [0.2, 0.25) is 0 Å². The van der Waals surface area contributed by atoms with E-state index in [-0.39, 0.29) is 11.3 Å². The molecule has 2 aromatic carbocycles. The summed E-state index contributed by atoms with van der Waals surface area (Å²) in [6, 6.07) is 7.49. The number of phenolic OH excluding ortho intramolecular Hbond substituents is 1. The second-order valence-electron chi connectivity index (χ2n) is 7.13. The van der Waals surface area contributed by atoms with Crippen LogP contribution in [-0.2, 0) is 13.2 Å². The van der Waals surface area contributed by atoms with Crippen molar-refractivity contribution >= 4 is 10.9 Å². The molecule has 8 heteroatoms. The number of nitrogens with zero attached hydrogens (tertiary/aromatic N) is 2. The number of aryl methyl sites for hydroxylation is 1. The summed E-state index contributed by atoms with van der Waals surface area (Å²) in [7, 11) is 1.71. The van der Waals surface area contributed by atoms with Crippen LogP contribution in [0.15, 0.2) is 30.3 Å². The number of halogens is 4. The molecule has 28 heavy (non-hydrogen) atoms. The van der Waals surface area contributed by atoms with Crippen LogP contribution in [0.4, 0.5) is 17.6 Å². The molecule has 0 radical (unpaired) electrons. The first-order valence-electron chi connectivity index (χ1n) is 9.03. The van der Waals surface area contributed by atoms with Gasteiger partial charge in [0.2, 0.25) is 0 Å². The Kier molecular flexibility index (Phi) is 4.53.